The molecule has 2 aromatic carbocycles. The van der Waals surface area contributed by atoms with Crippen LogP contribution in [0.1, 0.15) is 40.3 Å². The van der Waals surface area contributed by atoms with Gasteiger partial charge in [-0.1, -0.05) is 23.5 Å². The van der Waals surface area contributed by atoms with Crippen molar-refractivity contribution in [2.24, 2.45) is 0 Å². The zero-order chi connectivity index (χ0) is 28.8. The summed E-state index contributed by atoms with van der Waals surface area (Å²) >= 11 is 4.57. The van der Waals surface area contributed by atoms with Gasteiger partial charge < -0.3 is 19.9 Å². The Morgan fingerprint density at radius 3 is 2.74 bits per heavy atom. The fourth-order valence-corrected chi connectivity index (χ4v) is 7.50. The average molecular weight is 619 g/mol. The molecule has 1 saturated carbocycles. The number of nitrogens with one attached hydrogen (secondary N) is 1. The van der Waals surface area contributed by atoms with Crippen molar-refractivity contribution in [3.05, 3.63) is 64.2 Å². The van der Waals surface area contributed by atoms with E-state index in [1.165, 1.54) is 34.0 Å². The molecule has 6 aromatic rings. The monoisotopic (exact) mass is 618 g/mol. The van der Waals surface area contributed by atoms with E-state index in [0.29, 0.717) is 17.1 Å². The van der Waals surface area contributed by atoms with Gasteiger partial charge in [0.15, 0.2) is 0 Å². The predicted octanol–water partition coefficient (Wildman–Crippen LogP) is 5.73. The third kappa shape index (κ3) is 5.24. The zero-order valence-corrected chi connectivity index (χ0v) is 25.2. The van der Waals surface area contributed by atoms with E-state index in [1.807, 2.05) is 42.8 Å². The number of carbonyl (C=O) groups is 1. The van der Waals surface area contributed by atoms with Crippen LogP contribution < -0.4 is 14.8 Å². The van der Waals surface area contributed by atoms with Crippen molar-refractivity contribution >= 4 is 55.1 Å². The van der Waals surface area contributed by atoms with Crippen LogP contribution in [0.15, 0.2) is 48.0 Å². The van der Waals surface area contributed by atoms with Crippen molar-refractivity contribution in [1.82, 2.24) is 29.9 Å². The minimum atomic E-state index is -0.466. The number of methoxy groups -OCH3 is 1. The average Bonchev–Trinajstić information content (AvgIpc) is 3.81. The third-order valence-electron chi connectivity index (χ3n) is 7.15. The highest BCUT2D eigenvalue weighted by Gasteiger charge is 2.27. The molecule has 1 aliphatic carbocycles. The molecular weight excluding hydrogens is 593 g/mol. The maximum Gasteiger partial charge on any atom is 0.251 e. The van der Waals surface area contributed by atoms with E-state index in [0.717, 1.165) is 66.4 Å². The lowest BCUT2D eigenvalue weighted by atomic mass is 10.1. The van der Waals surface area contributed by atoms with Gasteiger partial charge in [0.25, 0.3) is 5.91 Å². The summed E-state index contributed by atoms with van der Waals surface area (Å²) in [6.07, 6.45) is 3.89. The molecule has 13 heteroatoms. The van der Waals surface area contributed by atoms with Crippen molar-refractivity contribution in [2.45, 2.75) is 44.9 Å². The second kappa shape index (κ2) is 11.1. The van der Waals surface area contributed by atoms with Gasteiger partial charge in [-0.3, -0.25) is 4.79 Å². The van der Waals surface area contributed by atoms with Crippen LogP contribution >= 0.6 is 34.0 Å². The summed E-state index contributed by atoms with van der Waals surface area (Å²) in [6, 6.07) is 10.9. The predicted molar refractivity (Wildman–Crippen MR) is 164 cm³/mol. The molecule has 42 heavy (non-hydrogen) atoms. The summed E-state index contributed by atoms with van der Waals surface area (Å²) in [5.74, 6) is 1.15. The first-order valence-corrected chi connectivity index (χ1v) is 15.9. The highest BCUT2D eigenvalue weighted by Crippen LogP contribution is 2.39. The normalized spacial score (nSPS) is 16.8. The number of thiazole rings is 2. The van der Waals surface area contributed by atoms with Crippen molar-refractivity contribution < 1.29 is 19.4 Å². The Bertz CT molecular complexity index is 1880. The van der Waals surface area contributed by atoms with Crippen molar-refractivity contribution in [1.29, 1.82) is 0 Å². The Hall–Kier alpha value is -3.91. The van der Waals surface area contributed by atoms with Gasteiger partial charge >= 0.3 is 0 Å². The molecule has 10 nitrogen and oxygen atoms in total. The maximum atomic E-state index is 12.6. The summed E-state index contributed by atoms with van der Waals surface area (Å²) < 4.78 is 14.4. The minimum Gasteiger partial charge on any atom is -0.497 e. The summed E-state index contributed by atoms with van der Waals surface area (Å²) in [5.41, 5.74) is 3.82. The van der Waals surface area contributed by atoms with Crippen LogP contribution in [0.25, 0.3) is 36.5 Å². The molecule has 1 amide bonds. The summed E-state index contributed by atoms with van der Waals surface area (Å²) in [5, 5.41) is 21.9. The van der Waals surface area contributed by atoms with E-state index in [2.05, 4.69) is 10.4 Å². The number of rotatable bonds is 8. The standard InChI is InChI=1S/C29H26N6O4S3/c1-15-34-35-12-22(33-29(35)41-15)28-32-21-10-19(38-2)11-24(25(21)42-28)39-13-18-14-40-27(30-18)17-8-6-16(7-9-17)26(37)31-20-4-3-5-23(20)36/h6-12,14,20,23,36H,3-5,13H2,1-2H3,(H,31,37)/t20-,23-/m0/s1. The molecule has 1 aliphatic rings. The van der Waals surface area contributed by atoms with Gasteiger partial charge in [-0.25, -0.2) is 19.5 Å². The van der Waals surface area contributed by atoms with Crippen LogP contribution in [0.4, 0.5) is 0 Å². The van der Waals surface area contributed by atoms with Crippen molar-refractivity contribution in [3.63, 3.8) is 0 Å². The van der Waals surface area contributed by atoms with E-state index in [4.69, 9.17) is 24.4 Å². The molecule has 1 fully saturated rings. The summed E-state index contributed by atoms with van der Waals surface area (Å²) in [7, 11) is 1.62. The molecule has 4 heterocycles. The molecule has 0 bridgehead atoms. The van der Waals surface area contributed by atoms with Gasteiger partial charge in [0.05, 0.1) is 41.4 Å². The Morgan fingerprint density at radius 1 is 1.12 bits per heavy atom. The number of ether oxygens (including phenoxy) is 2. The van der Waals surface area contributed by atoms with Gasteiger partial charge in [-0.15, -0.1) is 22.7 Å². The number of aliphatic hydroxyl groups excluding tert-OH is 1. The lowest BCUT2D eigenvalue weighted by Crippen LogP contribution is -2.39. The zero-order valence-electron chi connectivity index (χ0n) is 22.7. The number of hydrogen-bond acceptors (Lipinski definition) is 11. The second-order valence-corrected chi connectivity index (χ2v) is 13.1. The number of carbonyl (C=O) groups excluding carboxylic acids is 1. The van der Waals surface area contributed by atoms with Crippen LogP contribution in [0.2, 0.25) is 0 Å². The first-order chi connectivity index (χ1) is 20.4. The number of aromatic nitrogens is 5. The van der Waals surface area contributed by atoms with Crippen molar-refractivity contribution in [3.8, 4) is 32.8 Å². The Kier molecular flexibility index (Phi) is 7.10. The molecule has 7 rings (SSSR count). The van der Waals surface area contributed by atoms with Crippen LogP contribution in [0.5, 0.6) is 11.5 Å². The minimum absolute atomic E-state index is 0.170. The van der Waals surface area contributed by atoms with E-state index >= 15 is 0 Å². The molecule has 0 radical (unpaired) electrons. The van der Waals surface area contributed by atoms with E-state index in [-0.39, 0.29) is 18.6 Å². The quantitative estimate of drug-likeness (QED) is 0.222. The van der Waals surface area contributed by atoms with E-state index in [1.54, 1.807) is 23.8 Å². The number of aryl methyl sites for hydroxylation is 1. The fourth-order valence-electron chi connectivity index (χ4n) is 5.00. The Balaban J connectivity index is 1.06. The number of imidazole rings is 1. The number of nitrogens with zero attached hydrogens (tertiary/aromatic N) is 5. The van der Waals surface area contributed by atoms with Gasteiger partial charge in [-0.2, -0.15) is 5.10 Å². The molecule has 0 spiro atoms. The molecule has 214 valence electrons. The molecule has 2 N–H and O–H groups in total. The lowest BCUT2D eigenvalue weighted by molar-refractivity contribution is 0.0873. The highest BCUT2D eigenvalue weighted by molar-refractivity contribution is 7.22. The van der Waals surface area contributed by atoms with Gasteiger partial charge in [0.2, 0.25) is 4.96 Å². The molecule has 0 saturated heterocycles. The number of hydrogen-bond donors (Lipinski definition) is 2. The Labute approximate surface area is 252 Å². The van der Waals surface area contributed by atoms with Crippen LogP contribution in [-0.4, -0.2) is 54.8 Å². The molecule has 0 aliphatic heterocycles. The van der Waals surface area contributed by atoms with Gasteiger partial charge in [0, 0.05) is 28.6 Å². The number of fused-ring (bicyclic) bond motifs is 2. The van der Waals surface area contributed by atoms with E-state index in [9.17, 15) is 9.90 Å². The van der Waals surface area contributed by atoms with Gasteiger partial charge in [0.1, 0.15) is 38.8 Å². The molecule has 4 aromatic heterocycles. The third-order valence-corrected chi connectivity index (χ3v) is 10.0. The van der Waals surface area contributed by atoms with Crippen LogP contribution in [0.3, 0.4) is 0 Å². The first-order valence-electron chi connectivity index (χ1n) is 13.4. The SMILES string of the molecule is COc1cc(OCc2csc(-c3ccc(C(=O)N[C@H]4CCC[C@@H]4O)cc3)n2)c2sc(-c3cn4nc(C)sc4n3)nc2c1. The van der Waals surface area contributed by atoms with Gasteiger partial charge in [-0.05, 0) is 38.3 Å². The molecule has 2 atom stereocenters. The number of benzene rings is 2. The largest absolute Gasteiger partial charge is 0.497 e. The second-order valence-electron chi connectivity index (χ2n) is 10.1. The van der Waals surface area contributed by atoms with Crippen LogP contribution in [0, 0.1) is 6.92 Å². The topological polar surface area (TPSA) is 124 Å². The van der Waals surface area contributed by atoms with Crippen LogP contribution in [-0.2, 0) is 6.61 Å². The number of aliphatic hydroxyl groups is 1. The number of amides is 1. The molecule has 0 unspecified atom stereocenters. The fraction of sp³-hybridized carbons (Fsp3) is 0.276. The Morgan fingerprint density at radius 2 is 1.98 bits per heavy atom. The van der Waals surface area contributed by atoms with E-state index < -0.39 is 6.10 Å². The summed E-state index contributed by atoms with van der Waals surface area (Å²) in [6.45, 7) is 2.24. The maximum absolute atomic E-state index is 12.6. The lowest BCUT2D eigenvalue weighted by Gasteiger charge is -2.16. The summed E-state index contributed by atoms with van der Waals surface area (Å²) in [4.78, 5) is 27.7. The first kappa shape index (κ1) is 27.0. The van der Waals surface area contributed by atoms with Crippen molar-refractivity contribution in [2.75, 3.05) is 7.11 Å². The molecular formula is C29H26N6O4S3. The highest BCUT2D eigenvalue weighted by atomic mass is 32.1. The smallest absolute Gasteiger partial charge is 0.251 e.